The second-order valence-electron chi connectivity index (χ2n) is 6.13. The summed E-state index contributed by atoms with van der Waals surface area (Å²) < 4.78 is 2.13. The molecule has 122 valence electrons. The van der Waals surface area contributed by atoms with Crippen molar-refractivity contribution in [1.29, 1.82) is 0 Å². The van der Waals surface area contributed by atoms with Crippen molar-refractivity contribution < 1.29 is 4.79 Å². The fourth-order valence-corrected chi connectivity index (χ4v) is 3.19. The molecule has 0 saturated heterocycles. The summed E-state index contributed by atoms with van der Waals surface area (Å²) in [5.41, 5.74) is 1.04. The van der Waals surface area contributed by atoms with Crippen molar-refractivity contribution in [3.63, 3.8) is 0 Å². The van der Waals surface area contributed by atoms with Crippen LogP contribution < -0.4 is 5.32 Å². The summed E-state index contributed by atoms with van der Waals surface area (Å²) in [6.07, 6.45) is 5.68. The third-order valence-electron chi connectivity index (χ3n) is 4.58. The molecule has 1 aromatic heterocycles. The number of aromatic nitrogens is 2. The Balaban J connectivity index is 1.72. The van der Waals surface area contributed by atoms with Gasteiger partial charge in [0.05, 0.1) is 0 Å². The van der Waals surface area contributed by atoms with Crippen LogP contribution in [0.25, 0.3) is 0 Å². The zero-order valence-electron chi connectivity index (χ0n) is 13.8. The average molecular weight is 312 g/mol. The molecule has 2 aromatic rings. The van der Waals surface area contributed by atoms with Crippen LogP contribution in [0, 0.1) is 0 Å². The molecule has 1 N–H and O–H groups in total. The van der Waals surface area contributed by atoms with Crippen LogP contribution in [-0.2, 0) is 17.8 Å². The highest BCUT2D eigenvalue weighted by Crippen LogP contribution is 2.21. The van der Waals surface area contributed by atoms with E-state index >= 15 is 0 Å². The lowest BCUT2D eigenvalue weighted by atomic mass is 10.0. The van der Waals surface area contributed by atoms with Gasteiger partial charge in [-0.3, -0.25) is 9.69 Å². The fraction of sp³-hybridized carbons (Fsp3) is 0.444. The largest absolute Gasteiger partial charge is 0.350 e. The Hall–Kier alpha value is -2.14. The maximum atomic E-state index is 12.9. The molecule has 2 heterocycles. The Kier molecular flexibility index (Phi) is 4.76. The Bertz CT molecular complexity index is 652. The van der Waals surface area contributed by atoms with E-state index in [0.717, 1.165) is 37.3 Å². The number of fused-ring (bicyclic) bond motifs is 1. The molecule has 1 aromatic carbocycles. The number of benzene rings is 1. The van der Waals surface area contributed by atoms with E-state index in [-0.39, 0.29) is 18.0 Å². The Morgan fingerprint density at radius 2 is 2.22 bits per heavy atom. The van der Waals surface area contributed by atoms with Crippen molar-refractivity contribution in [3.8, 4) is 0 Å². The van der Waals surface area contributed by atoms with Crippen molar-refractivity contribution in [2.45, 2.75) is 38.4 Å². The molecule has 23 heavy (non-hydrogen) atoms. The topological polar surface area (TPSA) is 50.2 Å². The van der Waals surface area contributed by atoms with Gasteiger partial charge in [0, 0.05) is 31.4 Å². The van der Waals surface area contributed by atoms with Gasteiger partial charge in [-0.25, -0.2) is 4.98 Å². The molecular weight excluding hydrogens is 288 g/mol. The zero-order valence-corrected chi connectivity index (χ0v) is 13.8. The molecule has 1 aliphatic heterocycles. The maximum Gasteiger partial charge on any atom is 0.242 e. The van der Waals surface area contributed by atoms with E-state index in [1.807, 2.05) is 49.8 Å². The number of hydrogen-bond donors (Lipinski definition) is 1. The molecule has 0 fully saturated rings. The number of imidazole rings is 1. The summed E-state index contributed by atoms with van der Waals surface area (Å²) in [5.74, 6) is 1.19. The van der Waals surface area contributed by atoms with Crippen molar-refractivity contribution >= 4 is 5.91 Å². The van der Waals surface area contributed by atoms with E-state index in [0.29, 0.717) is 0 Å². The first-order valence-electron chi connectivity index (χ1n) is 8.24. The van der Waals surface area contributed by atoms with Crippen LogP contribution in [0.4, 0.5) is 0 Å². The van der Waals surface area contributed by atoms with Gasteiger partial charge < -0.3 is 9.88 Å². The number of aryl methyl sites for hydroxylation is 1. The molecular formula is C18H24N4O. The molecule has 0 bridgehead atoms. The summed E-state index contributed by atoms with van der Waals surface area (Å²) >= 11 is 0. The number of carbonyl (C=O) groups excluding carboxylic acids is 1. The van der Waals surface area contributed by atoms with Crippen LogP contribution in [0.15, 0.2) is 42.7 Å². The number of hydrogen-bond acceptors (Lipinski definition) is 3. The van der Waals surface area contributed by atoms with Crippen LogP contribution in [0.3, 0.4) is 0 Å². The van der Waals surface area contributed by atoms with Gasteiger partial charge in [0.15, 0.2) is 0 Å². The predicted molar refractivity (Wildman–Crippen MR) is 90.0 cm³/mol. The van der Waals surface area contributed by atoms with Gasteiger partial charge in [0.25, 0.3) is 0 Å². The van der Waals surface area contributed by atoms with Crippen molar-refractivity contribution in [2.24, 2.45) is 0 Å². The fourth-order valence-electron chi connectivity index (χ4n) is 3.19. The molecule has 5 heteroatoms. The van der Waals surface area contributed by atoms with Crippen molar-refractivity contribution in [3.05, 3.63) is 54.1 Å². The molecule has 3 rings (SSSR count). The minimum atomic E-state index is -0.245. The van der Waals surface area contributed by atoms with Gasteiger partial charge in [-0.2, -0.15) is 0 Å². The van der Waals surface area contributed by atoms with E-state index < -0.39 is 0 Å². The summed E-state index contributed by atoms with van der Waals surface area (Å²) in [6, 6.07) is 9.91. The minimum Gasteiger partial charge on any atom is -0.350 e. The molecule has 0 spiro atoms. The van der Waals surface area contributed by atoms with Gasteiger partial charge in [0.1, 0.15) is 11.9 Å². The summed E-state index contributed by atoms with van der Waals surface area (Å²) in [4.78, 5) is 19.3. The lowest BCUT2D eigenvalue weighted by molar-refractivity contribution is -0.127. The second-order valence-corrected chi connectivity index (χ2v) is 6.13. The monoisotopic (exact) mass is 312 g/mol. The lowest BCUT2D eigenvalue weighted by Crippen LogP contribution is -2.46. The summed E-state index contributed by atoms with van der Waals surface area (Å²) in [7, 11) is 1.99. The number of amides is 1. The lowest BCUT2D eigenvalue weighted by Gasteiger charge is -2.30. The molecule has 0 unspecified atom stereocenters. The van der Waals surface area contributed by atoms with Crippen LogP contribution in [0.5, 0.6) is 0 Å². The average Bonchev–Trinajstić information content (AvgIpc) is 3.03. The van der Waals surface area contributed by atoms with Crippen LogP contribution in [0.2, 0.25) is 0 Å². The van der Waals surface area contributed by atoms with Crippen molar-refractivity contribution in [2.75, 3.05) is 13.6 Å². The molecule has 0 aliphatic carbocycles. The first-order valence-corrected chi connectivity index (χ1v) is 8.24. The highest BCUT2D eigenvalue weighted by atomic mass is 16.2. The van der Waals surface area contributed by atoms with Gasteiger partial charge >= 0.3 is 0 Å². The quantitative estimate of drug-likeness (QED) is 0.919. The molecule has 1 aliphatic rings. The highest BCUT2D eigenvalue weighted by molar-refractivity contribution is 5.83. The van der Waals surface area contributed by atoms with Crippen molar-refractivity contribution in [1.82, 2.24) is 19.8 Å². The third kappa shape index (κ3) is 3.45. The Morgan fingerprint density at radius 3 is 2.96 bits per heavy atom. The molecule has 0 radical (unpaired) electrons. The Morgan fingerprint density at radius 1 is 1.43 bits per heavy atom. The van der Waals surface area contributed by atoms with Crippen LogP contribution in [-0.4, -0.2) is 40.0 Å². The summed E-state index contributed by atoms with van der Waals surface area (Å²) in [5, 5.41) is 3.23. The first-order chi connectivity index (χ1) is 11.2. The second kappa shape index (κ2) is 6.96. The summed E-state index contributed by atoms with van der Waals surface area (Å²) in [6.45, 7) is 3.70. The van der Waals surface area contributed by atoms with E-state index in [2.05, 4.69) is 26.7 Å². The smallest absolute Gasteiger partial charge is 0.242 e. The van der Waals surface area contributed by atoms with Gasteiger partial charge in [-0.1, -0.05) is 37.3 Å². The number of carbonyl (C=O) groups is 1. The van der Waals surface area contributed by atoms with Crippen LogP contribution in [0.1, 0.15) is 30.8 Å². The van der Waals surface area contributed by atoms with E-state index in [1.165, 1.54) is 0 Å². The minimum absolute atomic E-state index is 0.0779. The SMILES string of the molecule is CCN(C)[C@@H](C(=O)N[C@H]1CCc2nccn2C1)c1ccccc1. The standard InChI is InChI=1S/C18H24N4O/c1-3-21(2)17(14-7-5-4-6-8-14)18(23)20-15-9-10-16-19-11-12-22(16)13-15/h4-8,11-12,15,17H,3,9-10,13H2,1-2H3,(H,20,23)/t15-,17+/m0/s1. The molecule has 2 atom stereocenters. The molecule has 1 amide bonds. The van der Waals surface area contributed by atoms with Gasteiger partial charge in [0.2, 0.25) is 5.91 Å². The van der Waals surface area contributed by atoms with E-state index in [4.69, 9.17) is 0 Å². The van der Waals surface area contributed by atoms with Gasteiger partial charge in [-0.05, 0) is 25.6 Å². The zero-order chi connectivity index (χ0) is 16.2. The van der Waals surface area contributed by atoms with E-state index in [9.17, 15) is 4.79 Å². The number of rotatable bonds is 5. The van der Waals surface area contributed by atoms with Crippen LogP contribution >= 0.6 is 0 Å². The highest BCUT2D eigenvalue weighted by Gasteiger charge is 2.27. The van der Waals surface area contributed by atoms with E-state index in [1.54, 1.807) is 0 Å². The Labute approximate surface area is 137 Å². The molecule has 5 nitrogen and oxygen atoms in total. The predicted octanol–water partition coefficient (Wildman–Crippen LogP) is 2.01. The normalized spacial score (nSPS) is 18.5. The number of nitrogens with zero attached hydrogens (tertiary/aromatic N) is 3. The number of likely N-dealkylation sites (N-methyl/N-ethyl adjacent to an activating group) is 1. The van der Waals surface area contributed by atoms with Gasteiger partial charge in [-0.15, -0.1) is 0 Å². The number of nitrogens with one attached hydrogen (secondary N) is 1. The maximum absolute atomic E-state index is 12.9. The first kappa shape index (κ1) is 15.7. The third-order valence-corrected chi connectivity index (χ3v) is 4.58. The molecule has 0 saturated carbocycles.